The molecule has 3 N–H and O–H groups in total. The largest absolute Gasteiger partial charge is 0.475 e. The third-order valence-corrected chi connectivity index (χ3v) is 3.67. The summed E-state index contributed by atoms with van der Waals surface area (Å²) in [7, 11) is 0. The van der Waals surface area contributed by atoms with Gasteiger partial charge in [-0.05, 0) is 18.4 Å². The summed E-state index contributed by atoms with van der Waals surface area (Å²) in [6.45, 7) is 4.82. The highest BCUT2D eigenvalue weighted by atomic mass is 16.5. The molecule has 0 heterocycles. The van der Waals surface area contributed by atoms with Gasteiger partial charge in [0, 0.05) is 0 Å². The predicted molar refractivity (Wildman–Crippen MR) is 86.2 cm³/mol. The number of nitrogens with one attached hydrogen (secondary N) is 1. The van der Waals surface area contributed by atoms with Crippen molar-refractivity contribution in [3.8, 4) is 0 Å². The first kappa shape index (κ1) is 19.6. The van der Waals surface area contributed by atoms with Crippen molar-refractivity contribution in [1.82, 2.24) is 5.32 Å². The number of ketones is 1. The number of hydrogen-bond donors (Lipinski definition) is 3. The molecule has 1 aromatic carbocycles. The first-order valence-corrected chi connectivity index (χ1v) is 7.66. The van der Waals surface area contributed by atoms with Gasteiger partial charge in [0.1, 0.15) is 6.61 Å². The monoisotopic (exact) mass is 337 g/mol. The van der Waals surface area contributed by atoms with E-state index >= 15 is 0 Å². The normalized spacial score (nSPS) is 14.5. The lowest BCUT2D eigenvalue weighted by molar-refractivity contribution is -0.154. The number of carbonyl (C=O) groups excluding carboxylic acids is 2. The zero-order valence-electron chi connectivity index (χ0n) is 13.9. The van der Waals surface area contributed by atoms with Crippen LogP contribution in [0.2, 0.25) is 0 Å². The fourth-order valence-corrected chi connectivity index (χ4v) is 2.34. The summed E-state index contributed by atoms with van der Waals surface area (Å²) < 4.78 is 5.03. The second kappa shape index (κ2) is 9.02. The third-order valence-electron chi connectivity index (χ3n) is 3.67. The van der Waals surface area contributed by atoms with Crippen LogP contribution in [0.5, 0.6) is 0 Å². The summed E-state index contributed by atoms with van der Waals surface area (Å²) in [5.41, 5.74) is 0.807. The molecule has 0 spiro atoms. The van der Waals surface area contributed by atoms with Gasteiger partial charge in [0.15, 0.2) is 0 Å². The van der Waals surface area contributed by atoms with E-state index < -0.39 is 41.8 Å². The van der Waals surface area contributed by atoms with Crippen LogP contribution < -0.4 is 5.32 Å². The number of Topliss-reactive ketones (excluding diaryl/α,β-unsaturated/α-hetero) is 1. The molecule has 3 atom stereocenters. The summed E-state index contributed by atoms with van der Waals surface area (Å²) in [6, 6.07) is 8.22. The summed E-state index contributed by atoms with van der Waals surface area (Å²) in [4.78, 5) is 34.4. The van der Waals surface area contributed by atoms with E-state index in [0.717, 1.165) is 5.56 Å². The van der Waals surface area contributed by atoms with Gasteiger partial charge in [-0.25, -0.2) is 9.59 Å². The molecule has 0 bridgehead atoms. The van der Waals surface area contributed by atoms with E-state index in [9.17, 15) is 19.5 Å². The molecule has 0 aromatic heterocycles. The van der Waals surface area contributed by atoms with Crippen LogP contribution in [-0.4, -0.2) is 40.2 Å². The number of rotatable bonds is 8. The number of aliphatic carboxylic acids is 1. The van der Waals surface area contributed by atoms with Crippen LogP contribution in [0.15, 0.2) is 30.3 Å². The number of aliphatic hydroxyl groups is 1. The van der Waals surface area contributed by atoms with Gasteiger partial charge in [-0.1, -0.05) is 44.2 Å². The number of carboxylic acids is 1. The molecule has 1 rings (SSSR count). The van der Waals surface area contributed by atoms with Crippen LogP contribution in [0.4, 0.5) is 4.79 Å². The number of benzene rings is 1. The Balaban J connectivity index is 2.60. The Labute approximate surface area is 140 Å². The van der Waals surface area contributed by atoms with Crippen molar-refractivity contribution in [1.29, 1.82) is 0 Å². The van der Waals surface area contributed by atoms with Crippen molar-refractivity contribution in [3.63, 3.8) is 0 Å². The predicted octanol–water partition coefficient (Wildman–Crippen LogP) is 1.59. The van der Waals surface area contributed by atoms with Crippen LogP contribution in [0.1, 0.15) is 26.3 Å². The van der Waals surface area contributed by atoms with Gasteiger partial charge in [-0.2, -0.15) is 0 Å². The van der Waals surface area contributed by atoms with Gasteiger partial charge in [-0.15, -0.1) is 0 Å². The molecule has 0 aliphatic heterocycles. The minimum absolute atomic E-state index is 0.0666. The van der Waals surface area contributed by atoms with E-state index in [1.807, 2.05) is 18.2 Å². The Morgan fingerprint density at radius 1 is 1.12 bits per heavy atom. The lowest BCUT2D eigenvalue weighted by Gasteiger charge is -2.28. The number of ether oxygens (including phenoxy) is 1. The van der Waals surface area contributed by atoms with Crippen molar-refractivity contribution in [2.45, 2.75) is 39.5 Å². The van der Waals surface area contributed by atoms with Gasteiger partial charge in [0.25, 0.3) is 0 Å². The van der Waals surface area contributed by atoms with Gasteiger partial charge in [-0.3, -0.25) is 4.79 Å². The van der Waals surface area contributed by atoms with Gasteiger partial charge < -0.3 is 20.3 Å². The first-order chi connectivity index (χ1) is 11.2. The molecule has 0 saturated carbocycles. The van der Waals surface area contributed by atoms with E-state index in [4.69, 9.17) is 9.84 Å². The Morgan fingerprint density at radius 2 is 1.71 bits per heavy atom. The Hall–Kier alpha value is -2.41. The molecule has 7 heteroatoms. The number of amides is 1. The fourth-order valence-electron chi connectivity index (χ4n) is 2.34. The van der Waals surface area contributed by atoms with Crippen molar-refractivity contribution >= 4 is 17.8 Å². The van der Waals surface area contributed by atoms with Crippen LogP contribution in [-0.2, 0) is 20.9 Å². The molecule has 24 heavy (non-hydrogen) atoms. The Kier molecular flexibility index (Phi) is 7.38. The average Bonchev–Trinajstić information content (AvgIpc) is 2.53. The first-order valence-electron chi connectivity index (χ1n) is 7.66. The zero-order valence-corrected chi connectivity index (χ0v) is 13.9. The summed E-state index contributed by atoms with van der Waals surface area (Å²) in [5, 5.41) is 21.5. The number of carboxylic acid groups (broad SMARTS) is 1. The summed E-state index contributed by atoms with van der Waals surface area (Å²) in [5.74, 6) is -4.20. The smallest absolute Gasteiger partial charge is 0.407 e. The lowest BCUT2D eigenvalue weighted by Crippen LogP contribution is -2.49. The topological polar surface area (TPSA) is 113 Å². The molecule has 1 amide bonds. The van der Waals surface area contributed by atoms with Crippen LogP contribution in [0, 0.1) is 11.8 Å². The quantitative estimate of drug-likeness (QED) is 0.621. The molecule has 0 fully saturated rings. The van der Waals surface area contributed by atoms with Gasteiger partial charge >= 0.3 is 12.1 Å². The maximum Gasteiger partial charge on any atom is 0.407 e. The van der Waals surface area contributed by atoms with E-state index in [2.05, 4.69) is 5.32 Å². The minimum Gasteiger partial charge on any atom is -0.475 e. The van der Waals surface area contributed by atoms with Gasteiger partial charge in [0.2, 0.25) is 5.78 Å². The third kappa shape index (κ3) is 5.66. The van der Waals surface area contributed by atoms with E-state index in [-0.39, 0.29) is 6.61 Å². The maximum atomic E-state index is 11.8. The molecule has 132 valence electrons. The number of aliphatic hydroxyl groups excluding tert-OH is 1. The highest BCUT2D eigenvalue weighted by molar-refractivity contribution is 6.33. The van der Waals surface area contributed by atoms with Crippen LogP contribution >= 0.6 is 0 Å². The maximum absolute atomic E-state index is 11.8. The second-order valence-electron chi connectivity index (χ2n) is 5.92. The van der Waals surface area contributed by atoms with Crippen LogP contribution in [0.3, 0.4) is 0 Å². The van der Waals surface area contributed by atoms with Crippen molar-refractivity contribution in [3.05, 3.63) is 35.9 Å². The van der Waals surface area contributed by atoms with E-state index in [1.165, 1.54) is 6.92 Å². The van der Waals surface area contributed by atoms with Crippen molar-refractivity contribution in [2.24, 2.45) is 11.8 Å². The molecule has 7 nitrogen and oxygen atoms in total. The number of alkyl carbamates (subject to hydrolysis) is 1. The molecule has 0 aliphatic carbocycles. The minimum atomic E-state index is -1.60. The van der Waals surface area contributed by atoms with Crippen molar-refractivity contribution in [2.75, 3.05) is 0 Å². The molecule has 0 saturated heterocycles. The average molecular weight is 337 g/mol. The molecule has 0 aliphatic rings. The fraction of sp³-hybridized carbons (Fsp3) is 0.471. The number of hydrogen-bond acceptors (Lipinski definition) is 5. The number of carbonyl (C=O) groups is 3. The Bertz CT molecular complexity index is 572. The SMILES string of the molecule is CC(C)C(C(=O)C(=O)O)C(O)[C@H](C)NC(=O)OCc1ccccc1. The molecular weight excluding hydrogens is 314 g/mol. The van der Waals surface area contributed by atoms with Gasteiger partial charge in [0.05, 0.1) is 18.1 Å². The molecule has 2 unspecified atom stereocenters. The van der Waals surface area contributed by atoms with E-state index in [1.54, 1.807) is 26.0 Å². The lowest BCUT2D eigenvalue weighted by atomic mass is 9.83. The Morgan fingerprint density at radius 3 is 2.21 bits per heavy atom. The second-order valence-corrected chi connectivity index (χ2v) is 5.92. The van der Waals surface area contributed by atoms with Crippen molar-refractivity contribution < 1.29 is 29.3 Å². The summed E-state index contributed by atoms with van der Waals surface area (Å²) in [6.07, 6.45) is -2.09. The molecule has 0 radical (unpaired) electrons. The molecule has 1 aromatic rings. The summed E-state index contributed by atoms with van der Waals surface area (Å²) >= 11 is 0. The zero-order chi connectivity index (χ0) is 18.3. The highest BCUT2D eigenvalue weighted by Gasteiger charge is 2.37. The van der Waals surface area contributed by atoms with Crippen LogP contribution in [0.25, 0.3) is 0 Å². The van der Waals surface area contributed by atoms with E-state index in [0.29, 0.717) is 0 Å². The standard InChI is InChI=1S/C17H23NO6/c1-10(2)13(15(20)16(21)22)14(19)11(3)18-17(23)24-9-12-7-5-4-6-8-12/h4-8,10-11,13-14,19H,9H2,1-3H3,(H,18,23)(H,21,22)/t11-,13?,14?/m0/s1. The highest BCUT2D eigenvalue weighted by Crippen LogP contribution is 2.19. The molecular formula is C17H23NO6.